The van der Waals surface area contributed by atoms with Gasteiger partial charge in [-0.1, -0.05) is 0 Å². The lowest BCUT2D eigenvalue weighted by molar-refractivity contribution is -0.170. The third kappa shape index (κ3) is 4.18. The highest BCUT2D eigenvalue weighted by Gasteiger charge is 2.44. The molecule has 0 aromatic rings. The van der Waals surface area contributed by atoms with E-state index >= 15 is 0 Å². The molecule has 112 valence electrons. The van der Waals surface area contributed by atoms with Gasteiger partial charge in [-0.3, -0.25) is 9.69 Å². The van der Waals surface area contributed by atoms with Gasteiger partial charge in [-0.25, -0.2) is 0 Å². The van der Waals surface area contributed by atoms with Crippen molar-refractivity contribution in [3.8, 4) is 0 Å². The number of likely N-dealkylation sites (tertiary alicyclic amines) is 1. The van der Waals surface area contributed by atoms with Crippen LogP contribution in [0.15, 0.2) is 0 Å². The van der Waals surface area contributed by atoms with Crippen molar-refractivity contribution in [2.75, 3.05) is 19.6 Å². The monoisotopic (exact) mass is 270 g/mol. The molecule has 1 saturated heterocycles. The van der Waals surface area contributed by atoms with E-state index in [-0.39, 0.29) is 11.5 Å². The smallest absolute Gasteiger partial charge is 0.313 e. The lowest BCUT2D eigenvalue weighted by Crippen LogP contribution is -2.54. The molecule has 4 heteroatoms. The summed E-state index contributed by atoms with van der Waals surface area (Å²) in [4.78, 5) is 14.8. The second-order valence-electron chi connectivity index (χ2n) is 7.64. The third-order valence-electron chi connectivity index (χ3n) is 3.89. The zero-order chi connectivity index (χ0) is 14.9. The van der Waals surface area contributed by atoms with E-state index in [0.29, 0.717) is 6.54 Å². The van der Waals surface area contributed by atoms with Crippen LogP contribution in [0.4, 0.5) is 0 Å². The predicted molar refractivity (Wildman–Crippen MR) is 77.9 cm³/mol. The van der Waals surface area contributed by atoms with Gasteiger partial charge in [-0.15, -0.1) is 0 Å². The van der Waals surface area contributed by atoms with Gasteiger partial charge in [0.15, 0.2) is 0 Å². The summed E-state index contributed by atoms with van der Waals surface area (Å²) in [5, 5.41) is 0. The summed E-state index contributed by atoms with van der Waals surface area (Å²) < 4.78 is 5.55. The van der Waals surface area contributed by atoms with E-state index < -0.39 is 11.0 Å². The fraction of sp³-hybridized carbons (Fsp3) is 0.933. The molecule has 0 unspecified atom stereocenters. The molecular weight excluding hydrogens is 240 g/mol. The van der Waals surface area contributed by atoms with Gasteiger partial charge in [-0.2, -0.15) is 0 Å². The number of ether oxygens (including phenoxy) is 1. The second-order valence-corrected chi connectivity index (χ2v) is 7.64. The van der Waals surface area contributed by atoms with Crippen molar-refractivity contribution in [3.05, 3.63) is 0 Å². The maximum Gasteiger partial charge on any atom is 0.313 e. The van der Waals surface area contributed by atoms with E-state index in [1.54, 1.807) is 0 Å². The van der Waals surface area contributed by atoms with Crippen LogP contribution >= 0.6 is 0 Å². The number of nitrogens with zero attached hydrogens (tertiary/aromatic N) is 1. The predicted octanol–water partition coefficient (Wildman–Crippen LogP) is 2.17. The molecule has 1 aliphatic rings. The van der Waals surface area contributed by atoms with Gasteiger partial charge < -0.3 is 10.5 Å². The number of hydrogen-bond donors (Lipinski definition) is 1. The maximum absolute atomic E-state index is 12.4. The molecule has 0 aromatic carbocycles. The largest absolute Gasteiger partial charge is 0.460 e. The topological polar surface area (TPSA) is 55.6 Å². The van der Waals surface area contributed by atoms with Gasteiger partial charge in [0.2, 0.25) is 0 Å². The normalized spacial score (nSPS) is 21.2. The average molecular weight is 270 g/mol. The van der Waals surface area contributed by atoms with Gasteiger partial charge in [0, 0.05) is 12.1 Å². The van der Waals surface area contributed by atoms with Crippen LogP contribution in [-0.4, -0.2) is 41.6 Å². The highest BCUT2D eigenvalue weighted by atomic mass is 16.6. The molecule has 0 atom stereocenters. The van der Waals surface area contributed by atoms with Gasteiger partial charge >= 0.3 is 5.97 Å². The quantitative estimate of drug-likeness (QED) is 0.781. The number of esters is 1. The number of carbonyl (C=O) groups excluding carboxylic acids is 1. The van der Waals surface area contributed by atoms with Crippen molar-refractivity contribution in [2.45, 2.75) is 65.5 Å². The molecule has 1 heterocycles. The SMILES string of the molecule is CC(C)(C)OC(=O)C1(CN)CCN(C(C)(C)C)CC1. The number of rotatable bonds is 2. The third-order valence-corrected chi connectivity index (χ3v) is 3.89. The van der Waals surface area contributed by atoms with Crippen molar-refractivity contribution in [3.63, 3.8) is 0 Å². The van der Waals surface area contributed by atoms with Gasteiger partial charge in [-0.05, 0) is 67.5 Å². The van der Waals surface area contributed by atoms with Crippen LogP contribution in [0.5, 0.6) is 0 Å². The molecule has 0 bridgehead atoms. The minimum absolute atomic E-state index is 0.129. The van der Waals surface area contributed by atoms with Crippen LogP contribution in [0.2, 0.25) is 0 Å². The molecule has 0 spiro atoms. The van der Waals surface area contributed by atoms with Crippen molar-refractivity contribution in [1.29, 1.82) is 0 Å². The second kappa shape index (κ2) is 5.41. The number of piperidine rings is 1. The number of hydrogen-bond acceptors (Lipinski definition) is 4. The highest BCUT2D eigenvalue weighted by Crippen LogP contribution is 2.35. The Labute approximate surface area is 117 Å². The summed E-state index contributed by atoms with van der Waals surface area (Å²) in [5.41, 5.74) is 5.11. The van der Waals surface area contributed by atoms with Crippen LogP contribution in [0, 0.1) is 5.41 Å². The summed E-state index contributed by atoms with van der Waals surface area (Å²) >= 11 is 0. The molecule has 1 aliphatic heterocycles. The molecule has 0 radical (unpaired) electrons. The molecule has 4 nitrogen and oxygen atoms in total. The lowest BCUT2D eigenvalue weighted by atomic mass is 9.77. The molecule has 0 aromatic heterocycles. The number of nitrogens with two attached hydrogens (primary N) is 1. The van der Waals surface area contributed by atoms with Crippen LogP contribution in [0.25, 0.3) is 0 Å². The molecule has 1 rings (SSSR count). The summed E-state index contributed by atoms with van der Waals surface area (Å²) in [6.45, 7) is 14.5. The summed E-state index contributed by atoms with van der Waals surface area (Å²) in [6, 6.07) is 0. The van der Waals surface area contributed by atoms with Crippen molar-refractivity contribution in [1.82, 2.24) is 4.90 Å². The standard InChI is InChI=1S/C15H30N2O2/c1-13(2,3)17-9-7-15(11-16,8-10-17)12(18)19-14(4,5)6/h7-11,16H2,1-6H3. The minimum Gasteiger partial charge on any atom is -0.460 e. The summed E-state index contributed by atoms with van der Waals surface area (Å²) in [7, 11) is 0. The first-order chi connectivity index (χ1) is 8.50. The number of carbonyl (C=O) groups is 1. The Kier molecular flexibility index (Phi) is 4.68. The molecule has 0 aliphatic carbocycles. The molecular formula is C15H30N2O2. The first-order valence-corrected chi connectivity index (χ1v) is 7.19. The average Bonchev–Trinajstić information content (AvgIpc) is 2.25. The molecule has 1 fully saturated rings. The lowest BCUT2D eigenvalue weighted by Gasteiger charge is -2.45. The Morgan fingerprint density at radius 2 is 1.63 bits per heavy atom. The van der Waals surface area contributed by atoms with Crippen LogP contribution in [0.3, 0.4) is 0 Å². The van der Waals surface area contributed by atoms with E-state index in [9.17, 15) is 4.79 Å². The van der Waals surface area contributed by atoms with Crippen molar-refractivity contribution in [2.24, 2.45) is 11.1 Å². The van der Waals surface area contributed by atoms with Gasteiger partial charge in [0.1, 0.15) is 5.60 Å². The summed E-state index contributed by atoms with van der Waals surface area (Å²) in [6.07, 6.45) is 1.57. The fourth-order valence-electron chi connectivity index (χ4n) is 2.48. The molecule has 0 saturated carbocycles. The zero-order valence-corrected chi connectivity index (χ0v) is 13.4. The fourth-order valence-corrected chi connectivity index (χ4v) is 2.48. The van der Waals surface area contributed by atoms with Crippen LogP contribution < -0.4 is 5.73 Å². The highest BCUT2D eigenvalue weighted by molar-refractivity contribution is 5.77. The first kappa shape index (κ1) is 16.4. The maximum atomic E-state index is 12.4. The van der Waals surface area contributed by atoms with E-state index in [0.717, 1.165) is 25.9 Å². The van der Waals surface area contributed by atoms with E-state index in [1.807, 2.05) is 20.8 Å². The van der Waals surface area contributed by atoms with Crippen molar-refractivity contribution >= 4 is 5.97 Å². The minimum atomic E-state index is -0.491. The van der Waals surface area contributed by atoms with E-state index in [2.05, 4.69) is 25.7 Å². The van der Waals surface area contributed by atoms with E-state index in [4.69, 9.17) is 10.5 Å². The van der Waals surface area contributed by atoms with E-state index in [1.165, 1.54) is 0 Å². The molecule has 19 heavy (non-hydrogen) atoms. The Morgan fingerprint density at radius 3 is 1.95 bits per heavy atom. The summed E-state index contributed by atoms with van der Waals surface area (Å²) in [5.74, 6) is -0.129. The Morgan fingerprint density at radius 1 is 1.16 bits per heavy atom. The Hall–Kier alpha value is -0.610. The van der Waals surface area contributed by atoms with Crippen LogP contribution in [-0.2, 0) is 9.53 Å². The molecule has 2 N–H and O–H groups in total. The Bertz CT molecular complexity index is 318. The van der Waals surface area contributed by atoms with Crippen LogP contribution in [0.1, 0.15) is 54.4 Å². The zero-order valence-electron chi connectivity index (χ0n) is 13.4. The Balaban J connectivity index is 2.73. The van der Waals surface area contributed by atoms with Gasteiger partial charge in [0.05, 0.1) is 5.41 Å². The first-order valence-electron chi connectivity index (χ1n) is 7.19. The molecule has 0 amide bonds. The van der Waals surface area contributed by atoms with Crippen molar-refractivity contribution < 1.29 is 9.53 Å². The van der Waals surface area contributed by atoms with Gasteiger partial charge in [0.25, 0.3) is 0 Å².